The van der Waals surface area contributed by atoms with E-state index in [2.05, 4.69) is 9.97 Å². The van der Waals surface area contributed by atoms with Gasteiger partial charge in [-0.1, -0.05) is 24.3 Å². The Kier molecular flexibility index (Phi) is 3.69. The standard InChI is InChI=1S/C19H19N3O2/c1-13-5-4-8-18(21-13)24-14-9-10-22(12-14)19(23)16-11-20-17-7-3-2-6-15(16)17/h2-8,11,14,20H,9-10,12H2,1H3. The largest absolute Gasteiger partial charge is 0.472 e. The van der Waals surface area contributed by atoms with Crippen LogP contribution in [0.5, 0.6) is 5.88 Å². The van der Waals surface area contributed by atoms with Crippen molar-refractivity contribution in [2.75, 3.05) is 13.1 Å². The molecular weight excluding hydrogens is 302 g/mol. The number of carbonyl (C=O) groups excluding carboxylic acids is 1. The Morgan fingerprint density at radius 2 is 2.12 bits per heavy atom. The molecule has 5 nitrogen and oxygen atoms in total. The van der Waals surface area contributed by atoms with Crippen molar-refractivity contribution in [2.45, 2.75) is 19.4 Å². The minimum atomic E-state index is -0.00606. The molecule has 3 heterocycles. The van der Waals surface area contributed by atoms with E-state index in [1.807, 2.05) is 54.3 Å². The van der Waals surface area contributed by atoms with Crippen LogP contribution in [0.3, 0.4) is 0 Å². The first-order valence-electron chi connectivity index (χ1n) is 8.16. The molecule has 5 heteroatoms. The predicted octanol–water partition coefficient (Wildman–Crippen LogP) is 3.16. The maximum atomic E-state index is 12.8. The van der Waals surface area contributed by atoms with Crippen molar-refractivity contribution in [3.63, 3.8) is 0 Å². The molecule has 0 bridgehead atoms. The van der Waals surface area contributed by atoms with Gasteiger partial charge in [0.15, 0.2) is 0 Å². The van der Waals surface area contributed by atoms with Crippen molar-refractivity contribution in [2.24, 2.45) is 0 Å². The van der Waals surface area contributed by atoms with Gasteiger partial charge in [0, 0.05) is 41.8 Å². The summed E-state index contributed by atoms with van der Waals surface area (Å²) in [5.74, 6) is 0.678. The minimum absolute atomic E-state index is 0.00606. The van der Waals surface area contributed by atoms with E-state index in [4.69, 9.17) is 4.74 Å². The van der Waals surface area contributed by atoms with Crippen LogP contribution in [-0.2, 0) is 0 Å². The van der Waals surface area contributed by atoms with Gasteiger partial charge in [0.25, 0.3) is 5.91 Å². The molecule has 122 valence electrons. The molecule has 0 radical (unpaired) electrons. The zero-order chi connectivity index (χ0) is 16.5. The van der Waals surface area contributed by atoms with Crippen molar-refractivity contribution >= 4 is 16.8 Å². The minimum Gasteiger partial charge on any atom is -0.472 e. The summed E-state index contributed by atoms with van der Waals surface area (Å²) in [7, 11) is 0. The van der Waals surface area contributed by atoms with Gasteiger partial charge in [0.05, 0.1) is 12.1 Å². The molecule has 2 aromatic heterocycles. The van der Waals surface area contributed by atoms with E-state index >= 15 is 0 Å². The molecule has 24 heavy (non-hydrogen) atoms. The van der Waals surface area contributed by atoms with Crippen LogP contribution in [0, 0.1) is 6.92 Å². The van der Waals surface area contributed by atoms with Gasteiger partial charge < -0.3 is 14.6 Å². The zero-order valence-corrected chi connectivity index (χ0v) is 13.5. The molecule has 1 unspecified atom stereocenters. The smallest absolute Gasteiger partial charge is 0.256 e. The van der Waals surface area contributed by atoms with E-state index in [-0.39, 0.29) is 12.0 Å². The van der Waals surface area contributed by atoms with E-state index in [1.54, 1.807) is 6.20 Å². The summed E-state index contributed by atoms with van der Waals surface area (Å²) < 4.78 is 5.93. The Morgan fingerprint density at radius 1 is 1.25 bits per heavy atom. The lowest BCUT2D eigenvalue weighted by Gasteiger charge is -2.16. The number of rotatable bonds is 3. The summed E-state index contributed by atoms with van der Waals surface area (Å²) in [6.07, 6.45) is 2.61. The van der Waals surface area contributed by atoms with Crippen molar-refractivity contribution in [3.8, 4) is 5.88 Å². The predicted molar refractivity (Wildman–Crippen MR) is 92.2 cm³/mol. The van der Waals surface area contributed by atoms with Crippen LogP contribution in [-0.4, -0.2) is 40.0 Å². The number of hydrogen-bond acceptors (Lipinski definition) is 3. The quantitative estimate of drug-likeness (QED) is 0.806. The Morgan fingerprint density at radius 3 is 3.00 bits per heavy atom. The Balaban J connectivity index is 1.47. The molecule has 1 N–H and O–H groups in total. The molecule has 1 aliphatic rings. The molecule has 0 saturated carbocycles. The summed E-state index contributed by atoms with van der Waals surface area (Å²) >= 11 is 0. The lowest BCUT2D eigenvalue weighted by molar-refractivity contribution is 0.0773. The fraction of sp³-hybridized carbons (Fsp3) is 0.263. The number of aromatic amines is 1. The molecule has 3 aromatic rings. The SMILES string of the molecule is Cc1cccc(OC2CCN(C(=O)c3c[nH]c4ccccc34)C2)n1. The second-order valence-electron chi connectivity index (χ2n) is 6.14. The highest BCUT2D eigenvalue weighted by molar-refractivity contribution is 6.06. The third kappa shape index (κ3) is 2.73. The van der Waals surface area contributed by atoms with Gasteiger partial charge in [0.1, 0.15) is 6.10 Å². The van der Waals surface area contributed by atoms with Crippen LogP contribution >= 0.6 is 0 Å². The Labute approximate surface area is 140 Å². The molecule has 1 aliphatic heterocycles. The maximum Gasteiger partial charge on any atom is 0.256 e. The van der Waals surface area contributed by atoms with E-state index in [0.29, 0.717) is 19.0 Å². The fourth-order valence-electron chi connectivity index (χ4n) is 3.18. The van der Waals surface area contributed by atoms with Crippen LogP contribution in [0.4, 0.5) is 0 Å². The maximum absolute atomic E-state index is 12.8. The average Bonchev–Trinajstić information content (AvgIpc) is 3.21. The number of likely N-dealkylation sites (tertiary alicyclic amines) is 1. The van der Waals surface area contributed by atoms with Crippen molar-refractivity contribution in [1.82, 2.24) is 14.9 Å². The van der Waals surface area contributed by atoms with Gasteiger partial charge in [-0.3, -0.25) is 4.79 Å². The number of amides is 1. The topological polar surface area (TPSA) is 58.2 Å². The molecule has 1 aromatic carbocycles. The summed E-state index contributed by atoms with van der Waals surface area (Å²) in [5, 5.41) is 0.965. The first kappa shape index (κ1) is 14.8. The number of benzene rings is 1. The van der Waals surface area contributed by atoms with Crippen molar-refractivity contribution in [3.05, 3.63) is 59.9 Å². The van der Waals surface area contributed by atoms with Crippen LogP contribution in [0.2, 0.25) is 0 Å². The van der Waals surface area contributed by atoms with Gasteiger partial charge in [-0.25, -0.2) is 4.98 Å². The second kappa shape index (κ2) is 6.00. The Hall–Kier alpha value is -2.82. The van der Waals surface area contributed by atoms with Gasteiger partial charge in [-0.2, -0.15) is 0 Å². The number of para-hydroxylation sites is 1. The molecule has 1 saturated heterocycles. The zero-order valence-electron chi connectivity index (χ0n) is 13.5. The number of aromatic nitrogens is 2. The van der Waals surface area contributed by atoms with Crippen LogP contribution < -0.4 is 4.74 Å². The van der Waals surface area contributed by atoms with E-state index < -0.39 is 0 Å². The molecule has 1 fully saturated rings. The molecule has 0 spiro atoms. The third-order valence-corrected chi connectivity index (χ3v) is 4.40. The van der Waals surface area contributed by atoms with Gasteiger partial charge in [-0.05, 0) is 19.1 Å². The van der Waals surface area contributed by atoms with E-state index in [9.17, 15) is 4.79 Å². The monoisotopic (exact) mass is 321 g/mol. The molecule has 4 rings (SSSR count). The summed E-state index contributed by atoms with van der Waals surface area (Å²) in [6.45, 7) is 3.23. The number of nitrogens with one attached hydrogen (secondary N) is 1. The van der Waals surface area contributed by atoms with Gasteiger partial charge in [0.2, 0.25) is 5.88 Å². The highest BCUT2D eigenvalue weighted by Gasteiger charge is 2.29. The average molecular weight is 321 g/mol. The van der Waals surface area contributed by atoms with Gasteiger partial charge >= 0.3 is 0 Å². The second-order valence-corrected chi connectivity index (χ2v) is 6.14. The summed E-state index contributed by atoms with van der Waals surface area (Å²) in [6, 6.07) is 13.6. The fourth-order valence-corrected chi connectivity index (χ4v) is 3.18. The lowest BCUT2D eigenvalue weighted by Crippen LogP contribution is -2.30. The first-order valence-corrected chi connectivity index (χ1v) is 8.16. The molecule has 0 aliphatic carbocycles. The van der Waals surface area contributed by atoms with Crippen LogP contribution in [0.1, 0.15) is 22.5 Å². The molecule has 1 amide bonds. The lowest BCUT2D eigenvalue weighted by atomic mass is 10.1. The number of pyridine rings is 1. The highest BCUT2D eigenvalue weighted by Crippen LogP contribution is 2.23. The number of aryl methyl sites for hydroxylation is 1. The number of carbonyl (C=O) groups is 1. The van der Waals surface area contributed by atoms with Crippen molar-refractivity contribution < 1.29 is 9.53 Å². The highest BCUT2D eigenvalue weighted by atomic mass is 16.5. The number of ether oxygens (including phenoxy) is 1. The number of H-pyrrole nitrogens is 1. The third-order valence-electron chi connectivity index (χ3n) is 4.40. The molecule has 1 atom stereocenters. The first-order chi connectivity index (χ1) is 11.7. The summed E-state index contributed by atoms with van der Waals surface area (Å²) in [5.41, 5.74) is 2.63. The van der Waals surface area contributed by atoms with Crippen molar-refractivity contribution in [1.29, 1.82) is 0 Å². The number of fused-ring (bicyclic) bond motifs is 1. The van der Waals surface area contributed by atoms with E-state index in [1.165, 1.54) is 0 Å². The van der Waals surface area contributed by atoms with Crippen LogP contribution in [0.25, 0.3) is 10.9 Å². The normalized spacial score (nSPS) is 17.4. The molecular formula is C19H19N3O2. The summed E-state index contributed by atoms with van der Waals surface area (Å²) in [4.78, 5) is 22.2. The van der Waals surface area contributed by atoms with Crippen LogP contribution in [0.15, 0.2) is 48.7 Å². The van der Waals surface area contributed by atoms with E-state index in [0.717, 1.165) is 28.6 Å². The van der Waals surface area contributed by atoms with Gasteiger partial charge in [-0.15, -0.1) is 0 Å². The Bertz CT molecular complexity index is 887. The number of hydrogen-bond donors (Lipinski definition) is 1. The number of nitrogens with zero attached hydrogens (tertiary/aromatic N) is 2.